The van der Waals surface area contributed by atoms with E-state index in [1.54, 1.807) is 17.4 Å². The van der Waals surface area contributed by atoms with Crippen molar-refractivity contribution in [1.82, 2.24) is 5.32 Å². The van der Waals surface area contributed by atoms with Crippen LogP contribution in [0.3, 0.4) is 0 Å². The summed E-state index contributed by atoms with van der Waals surface area (Å²) in [5.41, 5.74) is 0.813. The minimum atomic E-state index is 0.219. The fourth-order valence-electron chi connectivity index (χ4n) is 2.02. The molecule has 1 aromatic heterocycles. The van der Waals surface area contributed by atoms with E-state index in [1.165, 1.54) is 4.88 Å². The maximum atomic E-state index is 9.95. The standard InChI is InChI=1S/C14H15NO3S/c1-9(14-3-2-4-19-14)15-7-10-5-12-13(6-11(10)16)18-8-17-12/h2-6,9,15-16H,7-8H2,1H3. The quantitative estimate of drug-likeness (QED) is 0.902. The van der Waals surface area contributed by atoms with E-state index in [0.717, 1.165) is 5.56 Å². The molecule has 3 rings (SSSR count). The number of nitrogens with one attached hydrogen (secondary N) is 1. The predicted molar refractivity (Wildman–Crippen MR) is 73.8 cm³/mol. The van der Waals surface area contributed by atoms with Gasteiger partial charge in [-0.15, -0.1) is 11.3 Å². The Morgan fingerprint density at radius 3 is 2.89 bits per heavy atom. The first-order valence-corrected chi connectivity index (χ1v) is 7.00. The Morgan fingerprint density at radius 2 is 2.16 bits per heavy atom. The molecule has 1 aliphatic heterocycles. The molecule has 4 nitrogen and oxygen atoms in total. The Labute approximate surface area is 115 Å². The van der Waals surface area contributed by atoms with Crippen LogP contribution in [0.25, 0.3) is 0 Å². The van der Waals surface area contributed by atoms with Gasteiger partial charge in [-0.2, -0.15) is 0 Å². The van der Waals surface area contributed by atoms with Crippen molar-refractivity contribution in [3.05, 3.63) is 40.1 Å². The molecule has 2 heterocycles. The van der Waals surface area contributed by atoms with Gasteiger partial charge in [0, 0.05) is 29.1 Å². The first-order valence-electron chi connectivity index (χ1n) is 6.12. The highest BCUT2D eigenvalue weighted by Gasteiger charge is 2.17. The molecule has 1 atom stereocenters. The van der Waals surface area contributed by atoms with E-state index in [1.807, 2.05) is 12.1 Å². The van der Waals surface area contributed by atoms with Crippen molar-refractivity contribution in [1.29, 1.82) is 0 Å². The minimum Gasteiger partial charge on any atom is -0.507 e. The average Bonchev–Trinajstić information content (AvgIpc) is 3.06. The molecular weight excluding hydrogens is 262 g/mol. The highest BCUT2D eigenvalue weighted by atomic mass is 32.1. The van der Waals surface area contributed by atoms with Crippen LogP contribution in [0.1, 0.15) is 23.4 Å². The van der Waals surface area contributed by atoms with Crippen molar-refractivity contribution >= 4 is 11.3 Å². The molecule has 5 heteroatoms. The average molecular weight is 277 g/mol. The third-order valence-corrected chi connectivity index (χ3v) is 4.20. The van der Waals surface area contributed by atoms with Crippen LogP contribution in [0.4, 0.5) is 0 Å². The Morgan fingerprint density at radius 1 is 1.37 bits per heavy atom. The Kier molecular flexibility index (Phi) is 3.31. The molecule has 2 aromatic rings. The number of benzene rings is 1. The van der Waals surface area contributed by atoms with E-state index in [4.69, 9.17) is 9.47 Å². The smallest absolute Gasteiger partial charge is 0.231 e. The number of thiophene rings is 1. The SMILES string of the molecule is CC(NCc1cc2c(cc1O)OCO2)c1cccs1. The molecule has 0 spiro atoms. The zero-order chi connectivity index (χ0) is 13.2. The second-order valence-corrected chi connectivity index (χ2v) is 5.43. The van der Waals surface area contributed by atoms with Gasteiger partial charge in [0.25, 0.3) is 0 Å². The van der Waals surface area contributed by atoms with E-state index in [2.05, 4.69) is 23.7 Å². The molecule has 100 valence electrons. The summed E-state index contributed by atoms with van der Waals surface area (Å²) in [7, 11) is 0. The minimum absolute atomic E-state index is 0.219. The number of rotatable bonds is 4. The number of aromatic hydroxyl groups is 1. The fourth-order valence-corrected chi connectivity index (χ4v) is 2.78. The van der Waals surface area contributed by atoms with Gasteiger partial charge in [-0.05, 0) is 24.4 Å². The molecule has 0 saturated heterocycles. The van der Waals surface area contributed by atoms with Crippen molar-refractivity contribution < 1.29 is 14.6 Å². The molecule has 1 aromatic carbocycles. The predicted octanol–water partition coefficient (Wildman–Crippen LogP) is 3.03. The van der Waals surface area contributed by atoms with Gasteiger partial charge in [-0.1, -0.05) is 6.07 Å². The van der Waals surface area contributed by atoms with Crippen molar-refractivity contribution in [3.63, 3.8) is 0 Å². The molecule has 0 aliphatic carbocycles. The third kappa shape index (κ3) is 2.52. The Hall–Kier alpha value is -1.72. The second-order valence-electron chi connectivity index (χ2n) is 4.45. The van der Waals surface area contributed by atoms with Crippen LogP contribution < -0.4 is 14.8 Å². The van der Waals surface area contributed by atoms with E-state index in [9.17, 15) is 5.11 Å². The summed E-state index contributed by atoms with van der Waals surface area (Å²) in [5.74, 6) is 1.53. The summed E-state index contributed by atoms with van der Waals surface area (Å²) in [6.45, 7) is 2.91. The summed E-state index contributed by atoms with van der Waals surface area (Å²) in [5, 5.41) is 15.4. The lowest BCUT2D eigenvalue weighted by molar-refractivity contribution is 0.174. The fraction of sp³-hybridized carbons (Fsp3) is 0.286. The van der Waals surface area contributed by atoms with E-state index >= 15 is 0 Å². The normalized spacial score (nSPS) is 14.6. The molecule has 0 saturated carbocycles. The van der Waals surface area contributed by atoms with Crippen LogP contribution in [-0.4, -0.2) is 11.9 Å². The van der Waals surface area contributed by atoms with Crippen LogP contribution in [0.15, 0.2) is 29.6 Å². The van der Waals surface area contributed by atoms with Gasteiger partial charge in [0.15, 0.2) is 11.5 Å². The number of phenols is 1. The van der Waals surface area contributed by atoms with Gasteiger partial charge in [0.1, 0.15) is 5.75 Å². The Balaban J connectivity index is 1.70. The summed E-state index contributed by atoms with van der Waals surface area (Å²) >= 11 is 1.72. The molecule has 1 unspecified atom stereocenters. The molecular formula is C14H15NO3S. The Bertz CT molecular complexity index is 568. The highest BCUT2D eigenvalue weighted by Crippen LogP contribution is 2.37. The largest absolute Gasteiger partial charge is 0.507 e. The van der Waals surface area contributed by atoms with Gasteiger partial charge >= 0.3 is 0 Å². The zero-order valence-corrected chi connectivity index (χ0v) is 11.4. The van der Waals surface area contributed by atoms with Crippen LogP contribution in [-0.2, 0) is 6.54 Å². The van der Waals surface area contributed by atoms with Crippen molar-refractivity contribution in [2.75, 3.05) is 6.79 Å². The van der Waals surface area contributed by atoms with Crippen molar-refractivity contribution in [3.8, 4) is 17.2 Å². The molecule has 2 N–H and O–H groups in total. The summed E-state index contributed by atoms with van der Waals surface area (Å²) in [6.07, 6.45) is 0. The lowest BCUT2D eigenvalue weighted by atomic mass is 10.1. The number of fused-ring (bicyclic) bond motifs is 1. The number of hydrogen-bond acceptors (Lipinski definition) is 5. The van der Waals surface area contributed by atoms with Crippen molar-refractivity contribution in [2.24, 2.45) is 0 Å². The maximum absolute atomic E-state index is 9.95. The maximum Gasteiger partial charge on any atom is 0.231 e. The molecule has 19 heavy (non-hydrogen) atoms. The second kappa shape index (κ2) is 5.11. The molecule has 1 aliphatic rings. The van der Waals surface area contributed by atoms with Gasteiger partial charge in [-0.3, -0.25) is 0 Å². The molecule has 0 radical (unpaired) electrons. The van der Waals surface area contributed by atoms with Crippen LogP contribution in [0.5, 0.6) is 17.2 Å². The summed E-state index contributed by atoms with van der Waals surface area (Å²) in [6, 6.07) is 7.82. The first-order chi connectivity index (χ1) is 9.24. The topological polar surface area (TPSA) is 50.7 Å². The van der Waals surface area contributed by atoms with E-state index in [-0.39, 0.29) is 18.6 Å². The van der Waals surface area contributed by atoms with Gasteiger partial charge in [-0.25, -0.2) is 0 Å². The number of hydrogen-bond donors (Lipinski definition) is 2. The van der Waals surface area contributed by atoms with Crippen LogP contribution in [0, 0.1) is 0 Å². The number of phenolic OH excluding ortho intramolecular Hbond substituents is 1. The monoisotopic (exact) mass is 277 g/mol. The van der Waals surface area contributed by atoms with Gasteiger partial charge < -0.3 is 19.9 Å². The summed E-state index contributed by atoms with van der Waals surface area (Å²) in [4.78, 5) is 1.28. The summed E-state index contributed by atoms with van der Waals surface area (Å²) < 4.78 is 10.5. The van der Waals surface area contributed by atoms with Crippen LogP contribution >= 0.6 is 11.3 Å². The zero-order valence-electron chi connectivity index (χ0n) is 10.6. The van der Waals surface area contributed by atoms with Gasteiger partial charge in [0.05, 0.1) is 0 Å². The lowest BCUT2D eigenvalue weighted by Crippen LogP contribution is -2.17. The lowest BCUT2D eigenvalue weighted by Gasteiger charge is -2.13. The van der Waals surface area contributed by atoms with Gasteiger partial charge in [0.2, 0.25) is 6.79 Å². The molecule has 0 bridgehead atoms. The molecule has 0 amide bonds. The number of ether oxygens (including phenoxy) is 2. The molecule has 0 fully saturated rings. The first kappa shape index (κ1) is 12.3. The van der Waals surface area contributed by atoms with E-state index < -0.39 is 0 Å². The highest BCUT2D eigenvalue weighted by molar-refractivity contribution is 7.10. The van der Waals surface area contributed by atoms with Crippen molar-refractivity contribution in [2.45, 2.75) is 19.5 Å². The third-order valence-electron chi connectivity index (χ3n) is 3.14. The van der Waals surface area contributed by atoms with E-state index in [0.29, 0.717) is 18.0 Å². The van der Waals surface area contributed by atoms with Crippen LogP contribution in [0.2, 0.25) is 0 Å².